The molecule has 1 amide bonds. The molecule has 0 saturated carbocycles. The minimum atomic E-state index is -0.497. The van der Waals surface area contributed by atoms with E-state index in [1.54, 1.807) is 19.1 Å². The summed E-state index contributed by atoms with van der Waals surface area (Å²) in [5.41, 5.74) is 5.54. The van der Waals surface area contributed by atoms with Crippen LogP contribution >= 0.6 is 12.2 Å². The van der Waals surface area contributed by atoms with Crippen LogP contribution < -0.4 is 11.1 Å². The van der Waals surface area contributed by atoms with Crippen LogP contribution in [0.5, 0.6) is 0 Å². The number of hydrogen-bond acceptors (Lipinski definition) is 2. The average molecular weight is 268 g/mol. The number of nitrogens with one attached hydrogen (secondary N) is 1. The van der Waals surface area contributed by atoms with Crippen LogP contribution in [0.15, 0.2) is 18.2 Å². The van der Waals surface area contributed by atoms with Crippen molar-refractivity contribution in [1.82, 2.24) is 5.32 Å². The molecule has 0 spiro atoms. The third kappa shape index (κ3) is 3.26. The van der Waals surface area contributed by atoms with E-state index in [0.29, 0.717) is 10.6 Å². The van der Waals surface area contributed by atoms with Crippen LogP contribution in [-0.2, 0) is 0 Å². The van der Waals surface area contributed by atoms with E-state index >= 15 is 0 Å². The minimum Gasteiger partial charge on any atom is -0.393 e. The van der Waals surface area contributed by atoms with Gasteiger partial charge in [0.1, 0.15) is 5.82 Å². The Kier molecular flexibility index (Phi) is 4.40. The second-order valence-electron chi connectivity index (χ2n) is 4.87. The molecular formula is C13H17FN2OS. The van der Waals surface area contributed by atoms with Crippen LogP contribution in [0.4, 0.5) is 4.39 Å². The Morgan fingerprint density at radius 3 is 2.67 bits per heavy atom. The zero-order valence-electron chi connectivity index (χ0n) is 10.7. The fourth-order valence-corrected chi connectivity index (χ4v) is 1.38. The van der Waals surface area contributed by atoms with Gasteiger partial charge < -0.3 is 11.1 Å². The molecule has 1 aromatic rings. The summed E-state index contributed by atoms with van der Waals surface area (Å²) in [6.45, 7) is 5.53. The standard InChI is InChI=1S/C13H17FN2OS/c1-8-5-4-6-9(10(8)14)11(17)16-7-13(2,3)12(15)18/h4-6H,7H2,1-3H3,(H2,15,18)(H,16,17). The van der Waals surface area contributed by atoms with Crippen LogP contribution in [0.1, 0.15) is 29.8 Å². The molecule has 18 heavy (non-hydrogen) atoms. The number of carbonyl (C=O) groups excluding carboxylic acids is 1. The van der Waals surface area contributed by atoms with Gasteiger partial charge in [-0.3, -0.25) is 4.79 Å². The van der Waals surface area contributed by atoms with Crippen LogP contribution in [-0.4, -0.2) is 17.4 Å². The number of benzene rings is 1. The Balaban J connectivity index is 2.78. The lowest BCUT2D eigenvalue weighted by Crippen LogP contribution is -2.41. The van der Waals surface area contributed by atoms with E-state index in [-0.39, 0.29) is 12.1 Å². The van der Waals surface area contributed by atoms with Gasteiger partial charge >= 0.3 is 0 Å². The molecule has 0 saturated heterocycles. The van der Waals surface area contributed by atoms with Gasteiger partial charge in [0.05, 0.1) is 10.6 Å². The third-order valence-corrected chi connectivity index (χ3v) is 3.35. The molecular weight excluding hydrogens is 251 g/mol. The van der Waals surface area contributed by atoms with Gasteiger partial charge in [-0.15, -0.1) is 0 Å². The fraction of sp³-hybridized carbons (Fsp3) is 0.385. The van der Waals surface area contributed by atoms with E-state index in [0.717, 1.165) is 0 Å². The van der Waals surface area contributed by atoms with Crippen molar-refractivity contribution in [3.05, 3.63) is 35.1 Å². The van der Waals surface area contributed by atoms with Gasteiger partial charge in [-0.1, -0.05) is 38.2 Å². The van der Waals surface area contributed by atoms with Gasteiger partial charge in [0.2, 0.25) is 0 Å². The molecule has 0 aliphatic carbocycles. The smallest absolute Gasteiger partial charge is 0.254 e. The van der Waals surface area contributed by atoms with Crippen molar-refractivity contribution < 1.29 is 9.18 Å². The second kappa shape index (κ2) is 5.44. The minimum absolute atomic E-state index is 0.0359. The van der Waals surface area contributed by atoms with E-state index in [2.05, 4.69) is 5.32 Å². The summed E-state index contributed by atoms with van der Waals surface area (Å²) < 4.78 is 13.7. The number of carbonyl (C=O) groups is 1. The SMILES string of the molecule is Cc1cccc(C(=O)NCC(C)(C)C(N)=S)c1F. The number of thiocarbonyl (C=S) groups is 1. The first-order valence-electron chi connectivity index (χ1n) is 5.59. The molecule has 98 valence electrons. The van der Waals surface area contributed by atoms with Crippen LogP contribution in [0.2, 0.25) is 0 Å². The molecule has 0 aliphatic heterocycles. The van der Waals surface area contributed by atoms with E-state index in [1.165, 1.54) is 6.07 Å². The largest absolute Gasteiger partial charge is 0.393 e. The molecule has 3 N–H and O–H groups in total. The summed E-state index contributed by atoms with van der Waals surface area (Å²) in [5.74, 6) is -0.955. The van der Waals surface area contributed by atoms with Crippen LogP contribution in [0, 0.1) is 18.2 Å². The maximum Gasteiger partial charge on any atom is 0.254 e. The lowest BCUT2D eigenvalue weighted by Gasteiger charge is -2.23. The Labute approximate surface area is 112 Å². The quantitative estimate of drug-likeness (QED) is 0.823. The number of nitrogens with two attached hydrogens (primary N) is 1. The van der Waals surface area contributed by atoms with E-state index in [9.17, 15) is 9.18 Å². The maximum absolute atomic E-state index is 13.7. The third-order valence-electron chi connectivity index (χ3n) is 2.79. The highest BCUT2D eigenvalue weighted by atomic mass is 32.1. The summed E-state index contributed by atoms with van der Waals surface area (Å²) in [6.07, 6.45) is 0. The van der Waals surface area contributed by atoms with E-state index in [1.807, 2.05) is 13.8 Å². The van der Waals surface area contributed by atoms with Gasteiger partial charge in [0, 0.05) is 12.0 Å². The zero-order chi connectivity index (χ0) is 13.9. The number of hydrogen-bond donors (Lipinski definition) is 2. The normalized spacial score (nSPS) is 11.1. The Bertz CT molecular complexity index is 486. The van der Waals surface area contributed by atoms with Crippen molar-refractivity contribution >= 4 is 23.1 Å². The molecule has 0 fully saturated rings. The molecule has 0 aromatic heterocycles. The average Bonchev–Trinajstić information content (AvgIpc) is 2.29. The van der Waals surface area contributed by atoms with Crippen LogP contribution in [0.3, 0.4) is 0 Å². The molecule has 0 atom stereocenters. The van der Waals surface area contributed by atoms with Crippen molar-refractivity contribution in [3.63, 3.8) is 0 Å². The van der Waals surface area contributed by atoms with Crippen LogP contribution in [0.25, 0.3) is 0 Å². The summed E-state index contributed by atoms with van der Waals surface area (Å²) in [7, 11) is 0. The fourth-order valence-electron chi connectivity index (χ4n) is 1.31. The summed E-state index contributed by atoms with van der Waals surface area (Å²) in [4.78, 5) is 12.2. The molecule has 1 aromatic carbocycles. The van der Waals surface area contributed by atoms with Crippen molar-refractivity contribution in [2.75, 3.05) is 6.54 Å². The lowest BCUT2D eigenvalue weighted by molar-refractivity contribution is 0.0941. The highest BCUT2D eigenvalue weighted by Crippen LogP contribution is 2.15. The second-order valence-corrected chi connectivity index (χ2v) is 5.31. The first-order chi connectivity index (χ1) is 8.25. The first-order valence-corrected chi connectivity index (χ1v) is 6.00. The Morgan fingerprint density at radius 2 is 2.11 bits per heavy atom. The van der Waals surface area contributed by atoms with E-state index < -0.39 is 17.1 Å². The highest BCUT2D eigenvalue weighted by molar-refractivity contribution is 7.80. The maximum atomic E-state index is 13.7. The molecule has 0 aliphatic rings. The zero-order valence-corrected chi connectivity index (χ0v) is 11.5. The lowest BCUT2D eigenvalue weighted by atomic mass is 9.93. The van der Waals surface area contributed by atoms with Crippen molar-refractivity contribution in [2.45, 2.75) is 20.8 Å². The topological polar surface area (TPSA) is 55.1 Å². The highest BCUT2D eigenvalue weighted by Gasteiger charge is 2.23. The monoisotopic (exact) mass is 268 g/mol. The van der Waals surface area contributed by atoms with Crippen molar-refractivity contribution in [3.8, 4) is 0 Å². The Hall–Kier alpha value is -1.49. The van der Waals surface area contributed by atoms with Gasteiger partial charge in [0.25, 0.3) is 5.91 Å². The summed E-state index contributed by atoms with van der Waals surface area (Å²) in [5, 5.41) is 2.64. The predicted octanol–water partition coefficient (Wildman–Crippen LogP) is 2.18. The van der Waals surface area contributed by atoms with Gasteiger partial charge in [-0.05, 0) is 18.6 Å². The molecule has 1 rings (SSSR count). The summed E-state index contributed by atoms with van der Waals surface area (Å²) >= 11 is 4.90. The molecule has 0 heterocycles. The van der Waals surface area contributed by atoms with Gasteiger partial charge in [0.15, 0.2) is 0 Å². The molecule has 3 nitrogen and oxygen atoms in total. The van der Waals surface area contributed by atoms with Crippen molar-refractivity contribution in [2.24, 2.45) is 11.1 Å². The number of amides is 1. The molecule has 0 unspecified atom stereocenters. The summed E-state index contributed by atoms with van der Waals surface area (Å²) in [6, 6.07) is 4.71. The predicted molar refractivity (Wildman–Crippen MR) is 74.0 cm³/mol. The number of rotatable bonds is 4. The Morgan fingerprint density at radius 1 is 1.50 bits per heavy atom. The van der Waals surface area contributed by atoms with Gasteiger partial charge in [-0.2, -0.15) is 0 Å². The van der Waals surface area contributed by atoms with E-state index in [4.69, 9.17) is 18.0 Å². The van der Waals surface area contributed by atoms with Gasteiger partial charge in [-0.25, -0.2) is 4.39 Å². The van der Waals surface area contributed by atoms with Crippen molar-refractivity contribution in [1.29, 1.82) is 0 Å². The first kappa shape index (κ1) is 14.6. The number of aryl methyl sites for hydroxylation is 1. The molecule has 0 radical (unpaired) electrons. The molecule has 0 bridgehead atoms. The molecule has 5 heteroatoms. The number of halogens is 1.